The van der Waals surface area contributed by atoms with Crippen LogP contribution in [0.15, 0.2) is 60.7 Å². The van der Waals surface area contributed by atoms with E-state index in [9.17, 15) is 24.0 Å². The van der Waals surface area contributed by atoms with Gasteiger partial charge in [-0.1, -0.05) is 93.3 Å². The molecular formula is C33H43N3O8. The van der Waals surface area contributed by atoms with Gasteiger partial charge in [-0.3, -0.25) is 14.4 Å². The smallest absolute Gasteiger partial charge is 0.408 e. The number of rotatable bonds is 18. The number of alkyl carbamates (subject to hydrolysis) is 1. The molecule has 11 heteroatoms. The van der Waals surface area contributed by atoms with Crippen molar-refractivity contribution in [3.05, 3.63) is 71.8 Å². The molecule has 0 radical (unpaired) electrons. The van der Waals surface area contributed by atoms with Crippen molar-refractivity contribution < 1.29 is 38.2 Å². The van der Waals surface area contributed by atoms with Crippen LogP contribution in [0.5, 0.6) is 0 Å². The van der Waals surface area contributed by atoms with E-state index in [-0.39, 0.29) is 38.1 Å². The van der Waals surface area contributed by atoms with Gasteiger partial charge in [-0.25, -0.2) is 9.59 Å². The maximum Gasteiger partial charge on any atom is 0.408 e. The Hall–Kier alpha value is -4.41. The normalized spacial score (nSPS) is 16.8. The molecule has 1 saturated heterocycles. The van der Waals surface area contributed by atoms with Crippen molar-refractivity contribution in [3.8, 4) is 0 Å². The zero-order chi connectivity index (χ0) is 31.7. The fraction of sp³-hybridized carbons (Fsp3) is 0.485. The number of carbonyl (C=O) groups excluding carboxylic acids is 5. The zero-order valence-corrected chi connectivity index (χ0v) is 25.4. The Balaban J connectivity index is 1.48. The summed E-state index contributed by atoms with van der Waals surface area (Å²) in [7, 11) is 0. The largest absolute Gasteiger partial charge is 0.459 e. The summed E-state index contributed by atoms with van der Waals surface area (Å²) in [6, 6.07) is 16.2. The molecule has 1 aliphatic heterocycles. The molecule has 0 unspecified atom stereocenters. The lowest BCUT2D eigenvalue weighted by atomic mass is 9.90. The standard InChI is InChI=1S/C33H43N3O8/c1-3-4-5-12-18-26-28(44-31(26)39)30(38)34-20-13-19-27(32(40)42-21-24-14-8-6-9-15-24)36-29(37)23(2)35-33(41)43-22-25-16-10-7-11-17-25/h6-11,14-17,23,26-28H,3-5,12-13,18-22H2,1-2H3,(H,34,38)(H,35,41)(H,36,37)/t23-,26+,27-,28-/m0/s1. The number of nitrogens with one attached hydrogen (secondary N) is 3. The van der Waals surface area contributed by atoms with E-state index in [1.54, 1.807) is 0 Å². The van der Waals surface area contributed by atoms with Gasteiger partial charge < -0.3 is 30.2 Å². The van der Waals surface area contributed by atoms with Gasteiger partial charge in [-0.15, -0.1) is 0 Å². The van der Waals surface area contributed by atoms with E-state index in [1.165, 1.54) is 6.92 Å². The van der Waals surface area contributed by atoms with E-state index in [0.29, 0.717) is 12.8 Å². The molecule has 2 aromatic carbocycles. The Kier molecular flexibility index (Phi) is 14.2. The third-order valence-corrected chi connectivity index (χ3v) is 7.27. The van der Waals surface area contributed by atoms with E-state index in [0.717, 1.165) is 36.8 Å². The first-order chi connectivity index (χ1) is 21.3. The maximum atomic E-state index is 13.0. The van der Waals surface area contributed by atoms with E-state index in [2.05, 4.69) is 22.9 Å². The Labute approximate surface area is 258 Å². The highest BCUT2D eigenvalue weighted by molar-refractivity contribution is 5.94. The Morgan fingerprint density at radius 2 is 1.48 bits per heavy atom. The minimum Gasteiger partial charge on any atom is -0.459 e. The van der Waals surface area contributed by atoms with E-state index in [1.807, 2.05) is 60.7 Å². The summed E-state index contributed by atoms with van der Waals surface area (Å²) >= 11 is 0. The molecular weight excluding hydrogens is 566 g/mol. The Morgan fingerprint density at radius 3 is 2.09 bits per heavy atom. The van der Waals surface area contributed by atoms with Crippen LogP contribution in [-0.4, -0.2) is 54.6 Å². The average molecular weight is 610 g/mol. The van der Waals surface area contributed by atoms with Gasteiger partial charge in [0.05, 0.1) is 0 Å². The minimum absolute atomic E-state index is 0.0229. The first kappa shape index (κ1) is 34.1. The van der Waals surface area contributed by atoms with E-state index >= 15 is 0 Å². The van der Waals surface area contributed by atoms with Crippen LogP contribution in [0.1, 0.15) is 69.9 Å². The third kappa shape index (κ3) is 11.3. The molecule has 44 heavy (non-hydrogen) atoms. The highest BCUT2D eigenvalue weighted by atomic mass is 16.6. The number of hydrogen-bond donors (Lipinski definition) is 3. The van der Waals surface area contributed by atoms with Crippen molar-refractivity contribution in [3.63, 3.8) is 0 Å². The maximum absolute atomic E-state index is 13.0. The molecule has 2 aromatic rings. The van der Waals surface area contributed by atoms with Crippen LogP contribution in [0.3, 0.4) is 0 Å². The molecule has 0 saturated carbocycles. The summed E-state index contributed by atoms with van der Waals surface area (Å²) in [5.74, 6) is -2.39. The summed E-state index contributed by atoms with van der Waals surface area (Å²) in [5, 5.41) is 7.87. The van der Waals surface area contributed by atoms with Gasteiger partial charge in [0.25, 0.3) is 5.91 Å². The molecule has 3 rings (SSSR count). The summed E-state index contributed by atoms with van der Waals surface area (Å²) < 4.78 is 15.7. The number of unbranched alkanes of at least 4 members (excludes halogenated alkanes) is 3. The monoisotopic (exact) mass is 609 g/mol. The highest BCUT2D eigenvalue weighted by Crippen LogP contribution is 2.28. The van der Waals surface area contributed by atoms with Gasteiger partial charge in [0, 0.05) is 6.54 Å². The van der Waals surface area contributed by atoms with Crippen molar-refractivity contribution in [1.82, 2.24) is 16.0 Å². The number of hydrogen-bond acceptors (Lipinski definition) is 8. The second kappa shape index (κ2) is 18.3. The van der Waals surface area contributed by atoms with Gasteiger partial charge >= 0.3 is 18.0 Å². The van der Waals surface area contributed by atoms with Crippen molar-refractivity contribution >= 4 is 29.8 Å². The van der Waals surface area contributed by atoms with Gasteiger partial charge in [0.2, 0.25) is 5.91 Å². The molecule has 0 aromatic heterocycles. The lowest BCUT2D eigenvalue weighted by Gasteiger charge is -2.34. The van der Waals surface area contributed by atoms with Crippen LogP contribution < -0.4 is 16.0 Å². The number of carbonyl (C=O) groups is 5. The van der Waals surface area contributed by atoms with Crippen LogP contribution in [0, 0.1) is 5.92 Å². The van der Waals surface area contributed by atoms with Crippen molar-refractivity contribution in [1.29, 1.82) is 0 Å². The number of benzene rings is 2. The van der Waals surface area contributed by atoms with Crippen LogP contribution in [0.2, 0.25) is 0 Å². The zero-order valence-electron chi connectivity index (χ0n) is 25.4. The minimum atomic E-state index is -1.03. The molecule has 0 spiro atoms. The number of esters is 2. The van der Waals surface area contributed by atoms with Gasteiger partial charge in [-0.2, -0.15) is 0 Å². The Morgan fingerprint density at radius 1 is 0.841 bits per heavy atom. The van der Waals surface area contributed by atoms with E-state index in [4.69, 9.17) is 14.2 Å². The number of ether oxygens (including phenoxy) is 3. The van der Waals surface area contributed by atoms with Gasteiger partial charge in [0.15, 0.2) is 6.10 Å². The second-order valence-electron chi connectivity index (χ2n) is 10.8. The fourth-order valence-electron chi connectivity index (χ4n) is 4.64. The molecule has 0 aliphatic carbocycles. The molecule has 1 fully saturated rings. The van der Waals surface area contributed by atoms with Crippen LogP contribution in [0.25, 0.3) is 0 Å². The molecule has 11 nitrogen and oxygen atoms in total. The van der Waals surface area contributed by atoms with Crippen molar-refractivity contribution in [2.75, 3.05) is 6.54 Å². The predicted octanol–water partition coefficient (Wildman–Crippen LogP) is 3.94. The van der Waals surface area contributed by atoms with Gasteiger partial charge in [-0.05, 0) is 37.3 Å². The second-order valence-corrected chi connectivity index (χ2v) is 10.8. The lowest BCUT2D eigenvalue weighted by molar-refractivity contribution is -0.189. The predicted molar refractivity (Wildman–Crippen MR) is 162 cm³/mol. The van der Waals surface area contributed by atoms with Crippen LogP contribution in [-0.2, 0) is 46.6 Å². The lowest BCUT2D eigenvalue weighted by Crippen LogP contribution is -2.54. The fourth-order valence-corrected chi connectivity index (χ4v) is 4.64. The molecule has 1 aliphatic rings. The first-order valence-electron chi connectivity index (χ1n) is 15.2. The molecule has 3 amide bonds. The van der Waals surface area contributed by atoms with Crippen LogP contribution >= 0.6 is 0 Å². The van der Waals surface area contributed by atoms with Crippen molar-refractivity contribution in [2.24, 2.45) is 5.92 Å². The topological polar surface area (TPSA) is 149 Å². The average Bonchev–Trinajstić information content (AvgIpc) is 3.03. The third-order valence-electron chi connectivity index (χ3n) is 7.27. The molecule has 238 valence electrons. The molecule has 3 N–H and O–H groups in total. The molecule has 4 atom stereocenters. The van der Waals surface area contributed by atoms with Crippen molar-refractivity contribution in [2.45, 2.75) is 90.2 Å². The summed E-state index contributed by atoms with van der Waals surface area (Å²) in [6.45, 7) is 3.85. The van der Waals surface area contributed by atoms with Gasteiger partial charge in [0.1, 0.15) is 31.2 Å². The molecule has 0 bridgehead atoms. The Bertz CT molecular complexity index is 1220. The summed E-state index contributed by atoms with van der Waals surface area (Å²) in [4.78, 5) is 62.6. The summed E-state index contributed by atoms with van der Waals surface area (Å²) in [5.41, 5.74) is 1.58. The quantitative estimate of drug-likeness (QED) is 0.131. The first-order valence-corrected chi connectivity index (χ1v) is 15.2. The van der Waals surface area contributed by atoms with Crippen LogP contribution in [0.4, 0.5) is 4.79 Å². The number of amides is 3. The number of cyclic esters (lactones) is 1. The summed E-state index contributed by atoms with van der Waals surface area (Å²) in [6.07, 6.45) is 3.56. The highest BCUT2D eigenvalue weighted by Gasteiger charge is 2.46. The SMILES string of the molecule is CCCCCC[C@H]1C(=O)O[C@@H]1C(=O)NCCC[C@H](NC(=O)[C@H](C)NC(=O)OCc1ccccc1)C(=O)OCc1ccccc1. The molecule has 1 heterocycles. The van der Waals surface area contributed by atoms with E-state index < -0.39 is 42.1 Å².